The zero-order valence-electron chi connectivity index (χ0n) is 11.7. The number of rotatable bonds is 4. The van der Waals surface area contributed by atoms with Crippen molar-refractivity contribution in [1.82, 2.24) is 4.98 Å². The Morgan fingerprint density at radius 3 is 2.62 bits per heavy atom. The van der Waals surface area contributed by atoms with Gasteiger partial charge in [0.25, 0.3) is 5.91 Å². The van der Waals surface area contributed by atoms with Crippen molar-refractivity contribution in [3.8, 4) is 6.07 Å². The van der Waals surface area contributed by atoms with Crippen molar-refractivity contribution >= 4 is 34.1 Å². The zero-order chi connectivity index (χ0) is 15.2. The molecule has 0 unspecified atom stereocenters. The second kappa shape index (κ2) is 6.68. The van der Waals surface area contributed by atoms with Crippen molar-refractivity contribution in [3.05, 3.63) is 47.0 Å². The molecule has 0 atom stereocenters. The first-order valence-electron chi connectivity index (χ1n) is 6.20. The standard InChI is InChI=1S/C15H14N4OS/c1-19(2)13-5-3-11(4-6-13)9-12(10-16)14(20)18-15-17-7-8-21-15/h3-9H,1-2H3,(H,17,18,20). The Bertz CT molecular complexity index is 681. The van der Waals surface area contributed by atoms with Crippen LogP contribution in [0.4, 0.5) is 10.8 Å². The Balaban J connectivity index is 2.16. The third-order valence-corrected chi connectivity index (χ3v) is 3.43. The predicted octanol–water partition coefficient (Wildman–Crippen LogP) is 2.75. The molecule has 6 heteroatoms. The van der Waals surface area contributed by atoms with E-state index in [1.165, 1.54) is 11.3 Å². The van der Waals surface area contributed by atoms with Gasteiger partial charge < -0.3 is 4.90 Å². The van der Waals surface area contributed by atoms with Gasteiger partial charge in [0.1, 0.15) is 11.6 Å². The highest BCUT2D eigenvalue weighted by molar-refractivity contribution is 7.13. The van der Waals surface area contributed by atoms with E-state index in [1.807, 2.05) is 49.3 Å². The van der Waals surface area contributed by atoms with E-state index in [0.717, 1.165) is 11.3 Å². The molecule has 1 aromatic carbocycles. The number of nitrogens with zero attached hydrogens (tertiary/aromatic N) is 3. The molecule has 0 saturated heterocycles. The zero-order valence-corrected chi connectivity index (χ0v) is 12.5. The van der Waals surface area contributed by atoms with Crippen LogP contribution in [0.1, 0.15) is 5.56 Å². The van der Waals surface area contributed by atoms with Gasteiger partial charge in [-0.15, -0.1) is 11.3 Å². The summed E-state index contributed by atoms with van der Waals surface area (Å²) in [5, 5.41) is 13.9. The van der Waals surface area contributed by atoms with Gasteiger partial charge in [0, 0.05) is 31.4 Å². The van der Waals surface area contributed by atoms with E-state index in [0.29, 0.717) is 5.13 Å². The Morgan fingerprint density at radius 2 is 2.10 bits per heavy atom. The van der Waals surface area contributed by atoms with Crippen molar-refractivity contribution in [2.75, 3.05) is 24.3 Å². The van der Waals surface area contributed by atoms with Crippen LogP contribution < -0.4 is 10.2 Å². The van der Waals surface area contributed by atoms with E-state index in [9.17, 15) is 4.79 Å². The lowest BCUT2D eigenvalue weighted by atomic mass is 10.1. The van der Waals surface area contributed by atoms with Gasteiger partial charge in [-0.1, -0.05) is 12.1 Å². The van der Waals surface area contributed by atoms with E-state index in [2.05, 4.69) is 10.3 Å². The molecule has 0 fully saturated rings. The van der Waals surface area contributed by atoms with Gasteiger partial charge in [0.2, 0.25) is 0 Å². The van der Waals surface area contributed by atoms with Crippen LogP contribution in [0, 0.1) is 11.3 Å². The number of anilines is 2. The molecule has 2 aromatic rings. The van der Waals surface area contributed by atoms with E-state index >= 15 is 0 Å². The van der Waals surface area contributed by atoms with Gasteiger partial charge >= 0.3 is 0 Å². The van der Waals surface area contributed by atoms with Gasteiger partial charge in [-0.3, -0.25) is 10.1 Å². The van der Waals surface area contributed by atoms with Crippen LogP contribution in [0.25, 0.3) is 6.08 Å². The lowest BCUT2D eigenvalue weighted by Crippen LogP contribution is -2.13. The van der Waals surface area contributed by atoms with Crippen LogP contribution in [-0.4, -0.2) is 25.0 Å². The van der Waals surface area contributed by atoms with Crippen molar-refractivity contribution < 1.29 is 4.79 Å². The van der Waals surface area contributed by atoms with Gasteiger partial charge in [0.15, 0.2) is 5.13 Å². The van der Waals surface area contributed by atoms with Crippen LogP contribution in [0.3, 0.4) is 0 Å². The van der Waals surface area contributed by atoms with Gasteiger partial charge in [-0.25, -0.2) is 4.98 Å². The molecular formula is C15H14N4OS. The van der Waals surface area contributed by atoms with Crippen molar-refractivity contribution in [2.24, 2.45) is 0 Å². The van der Waals surface area contributed by atoms with E-state index in [1.54, 1.807) is 17.7 Å². The Labute approximate surface area is 127 Å². The molecule has 5 nitrogen and oxygen atoms in total. The fourth-order valence-electron chi connectivity index (χ4n) is 1.63. The topological polar surface area (TPSA) is 69.0 Å². The van der Waals surface area contributed by atoms with Crippen molar-refractivity contribution in [1.29, 1.82) is 5.26 Å². The summed E-state index contributed by atoms with van der Waals surface area (Å²) in [5.74, 6) is -0.455. The number of amides is 1. The molecule has 0 bridgehead atoms. The molecule has 21 heavy (non-hydrogen) atoms. The summed E-state index contributed by atoms with van der Waals surface area (Å²) in [7, 11) is 3.90. The largest absolute Gasteiger partial charge is 0.378 e. The third-order valence-electron chi connectivity index (χ3n) is 2.74. The van der Waals surface area contributed by atoms with Gasteiger partial charge in [0.05, 0.1) is 0 Å². The highest BCUT2D eigenvalue weighted by atomic mass is 32.1. The van der Waals surface area contributed by atoms with E-state index < -0.39 is 5.91 Å². The summed E-state index contributed by atoms with van der Waals surface area (Å²) in [6, 6.07) is 9.50. The first-order chi connectivity index (χ1) is 10.1. The maximum Gasteiger partial charge on any atom is 0.268 e. The number of nitrogens with one attached hydrogen (secondary N) is 1. The molecule has 0 aliphatic carbocycles. The summed E-state index contributed by atoms with van der Waals surface area (Å²) >= 11 is 1.31. The first kappa shape index (κ1) is 14.8. The summed E-state index contributed by atoms with van der Waals surface area (Å²) in [6.07, 6.45) is 3.15. The van der Waals surface area contributed by atoms with Crippen LogP contribution in [-0.2, 0) is 4.79 Å². The number of benzene rings is 1. The van der Waals surface area contributed by atoms with Crippen LogP contribution >= 0.6 is 11.3 Å². The molecule has 1 aromatic heterocycles. The molecule has 106 valence electrons. The first-order valence-corrected chi connectivity index (χ1v) is 7.08. The smallest absolute Gasteiger partial charge is 0.268 e. The predicted molar refractivity (Wildman–Crippen MR) is 85.1 cm³/mol. The maximum absolute atomic E-state index is 12.0. The number of thiazole rings is 1. The summed E-state index contributed by atoms with van der Waals surface area (Å²) < 4.78 is 0. The van der Waals surface area contributed by atoms with Crippen molar-refractivity contribution in [3.63, 3.8) is 0 Å². The number of nitriles is 1. The summed E-state index contributed by atoms with van der Waals surface area (Å²) in [5.41, 5.74) is 1.90. The third kappa shape index (κ3) is 3.91. The molecule has 0 saturated carbocycles. The molecule has 1 heterocycles. The highest BCUT2D eigenvalue weighted by Crippen LogP contribution is 2.16. The fraction of sp³-hybridized carbons (Fsp3) is 0.133. The minimum atomic E-state index is -0.455. The second-order valence-electron chi connectivity index (χ2n) is 4.45. The number of carbonyl (C=O) groups excluding carboxylic acids is 1. The minimum Gasteiger partial charge on any atom is -0.378 e. The number of carbonyl (C=O) groups is 1. The molecule has 1 amide bonds. The number of aromatic nitrogens is 1. The Hall–Kier alpha value is -2.65. The quantitative estimate of drug-likeness (QED) is 0.696. The highest BCUT2D eigenvalue weighted by Gasteiger charge is 2.10. The molecule has 1 N–H and O–H groups in total. The molecule has 2 rings (SSSR count). The van der Waals surface area contributed by atoms with E-state index in [-0.39, 0.29) is 5.57 Å². The summed E-state index contributed by atoms with van der Waals surface area (Å²) in [6.45, 7) is 0. The Kier molecular flexibility index (Phi) is 4.69. The van der Waals surface area contributed by atoms with Crippen LogP contribution in [0.15, 0.2) is 41.4 Å². The molecular weight excluding hydrogens is 284 g/mol. The lowest BCUT2D eigenvalue weighted by Gasteiger charge is -2.11. The minimum absolute atomic E-state index is 0.0443. The molecule has 0 aliphatic heterocycles. The Morgan fingerprint density at radius 1 is 1.38 bits per heavy atom. The van der Waals surface area contributed by atoms with E-state index in [4.69, 9.17) is 5.26 Å². The molecule has 0 aliphatic rings. The second-order valence-corrected chi connectivity index (χ2v) is 5.34. The molecule has 0 spiro atoms. The average molecular weight is 298 g/mol. The van der Waals surface area contributed by atoms with Gasteiger partial charge in [-0.05, 0) is 23.8 Å². The maximum atomic E-state index is 12.0. The lowest BCUT2D eigenvalue weighted by molar-refractivity contribution is -0.112. The number of hydrogen-bond donors (Lipinski definition) is 1. The van der Waals surface area contributed by atoms with Crippen LogP contribution in [0.5, 0.6) is 0 Å². The molecule has 0 radical (unpaired) electrons. The average Bonchev–Trinajstić information content (AvgIpc) is 2.98. The number of hydrogen-bond acceptors (Lipinski definition) is 5. The SMILES string of the molecule is CN(C)c1ccc(C=C(C#N)C(=O)Nc2nccs2)cc1. The van der Waals surface area contributed by atoms with Gasteiger partial charge in [-0.2, -0.15) is 5.26 Å². The normalized spacial score (nSPS) is 10.8. The van der Waals surface area contributed by atoms with Crippen molar-refractivity contribution in [2.45, 2.75) is 0 Å². The summed E-state index contributed by atoms with van der Waals surface area (Å²) in [4.78, 5) is 17.9. The fourth-order valence-corrected chi connectivity index (χ4v) is 2.16. The monoisotopic (exact) mass is 298 g/mol. The van der Waals surface area contributed by atoms with Crippen LogP contribution in [0.2, 0.25) is 0 Å².